The number of aryl methyl sites for hydroxylation is 1. The van der Waals surface area contributed by atoms with Crippen LogP contribution in [0.5, 0.6) is 6.01 Å². The van der Waals surface area contributed by atoms with Gasteiger partial charge < -0.3 is 19.4 Å². The first kappa shape index (κ1) is 27.7. The molecule has 1 amide bonds. The number of rotatable bonds is 6. The first-order chi connectivity index (χ1) is 20.0. The molecule has 0 radical (unpaired) electrons. The maximum absolute atomic E-state index is 12.5. The zero-order valence-corrected chi connectivity index (χ0v) is 24.4. The van der Waals surface area contributed by atoms with Crippen LogP contribution >= 0.6 is 0 Å². The summed E-state index contributed by atoms with van der Waals surface area (Å²) in [6.45, 7) is 7.11. The summed E-state index contributed by atoms with van der Waals surface area (Å²) in [7, 11) is 2.18. The monoisotopic (exact) mass is 554 g/mol. The second-order valence-electron chi connectivity index (χ2n) is 12.4. The number of nitrogens with zero attached hydrogens (tertiary/aromatic N) is 6. The Kier molecular flexibility index (Phi) is 7.99. The number of hydrogen-bond acceptors (Lipinski definition) is 7. The molecule has 1 unspecified atom stereocenters. The smallest absolute Gasteiger partial charge is 0.318 e. The van der Waals surface area contributed by atoms with E-state index in [4.69, 9.17) is 14.7 Å². The van der Waals surface area contributed by atoms with Gasteiger partial charge in [-0.25, -0.2) is 0 Å². The predicted molar refractivity (Wildman–Crippen MR) is 159 cm³/mol. The molecule has 1 aromatic heterocycles. The Labute approximate surface area is 244 Å². The Morgan fingerprint density at radius 2 is 2.02 bits per heavy atom. The zero-order chi connectivity index (χ0) is 28.4. The van der Waals surface area contributed by atoms with Gasteiger partial charge in [0.15, 0.2) is 0 Å². The molecule has 2 saturated heterocycles. The average molecular weight is 555 g/mol. The molecule has 3 atom stereocenters. The molecule has 1 spiro atoms. The van der Waals surface area contributed by atoms with Crippen molar-refractivity contribution in [2.24, 2.45) is 0 Å². The summed E-state index contributed by atoms with van der Waals surface area (Å²) in [6, 6.07) is 11.9. The molecule has 1 aromatic carbocycles. The van der Waals surface area contributed by atoms with E-state index in [1.807, 2.05) is 0 Å². The molecule has 2 aliphatic carbocycles. The Hall–Kier alpha value is -3.44. The lowest BCUT2D eigenvalue weighted by Gasteiger charge is -2.44. The molecule has 8 nitrogen and oxygen atoms in total. The Bertz CT molecular complexity index is 1340. The van der Waals surface area contributed by atoms with Crippen LogP contribution in [0.25, 0.3) is 0 Å². The van der Waals surface area contributed by atoms with E-state index in [9.17, 15) is 10.1 Å². The highest BCUT2D eigenvalue weighted by molar-refractivity contribution is 5.87. The second-order valence-corrected chi connectivity index (χ2v) is 12.4. The van der Waals surface area contributed by atoms with Crippen LogP contribution in [0.15, 0.2) is 36.9 Å². The number of aromatic nitrogens is 2. The van der Waals surface area contributed by atoms with Crippen LogP contribution in [0.3, 0.4) is 0 Å². The highest BCUT2D eigenvalue weighted by Gasteiger charge is 2.42. The summed E-state index contributed by atoms with van der Waals surface area (Å²) in [5.41, 5.74) is 5.39. The third-order valence-corrected chi connectivity index (χ3v) is 9.99. The fraction of sp³-hybridized carbons (Fsp3) is 0.576. The van der Waals surface area contributed by atoms with Crippen LogP contribution in [0.4, 0.5) is 5.82 Å². The maximum Gasteiger partial charge on any atom is 0.318 e. The highest BCUT2D eigenvalue weighted by atomic mass is 16.5. The lowest BCUT2D eigenvalue weighted by Crippen LogP contribution is -2.55. The van der Waals surface area contributed by atoms with Crippen molar-refractivity contribution in [1.82, 2.24) is 19.8 Å². The van der Waals surface area contributed by atoms with Crippen molar-refractivity contribution in [3.63, 3.8) is 0 Å². The molecule has 2 fully saturated rings. The molecule has 0 N–H and O–H groups in total. The fourth-order valence-electron chi connectivity index (χ4n) is 7.71. The van der Waals surface area contributed by atoms with Gasteiger partial charge in [-0.05, 0) is 82.2 Å². The van der Waals surface area contributed by atoms with Crippen LogP contribution < -0.4 is 9.64 Å². The average Bonchev–Trinajstić information content (AvgIpc) is 3.00. The SMILES string of the molecule is C=CC(=O)N1CCN(c2nc(OC[C@@H]3CCCCN3C)nc3c2CCC2(CCCc4ccccc42)C3)C[C@@H]1CC#N. The van der Waals surface area contributed by atoms with Crippen molar-refractivity contribution in [3.05, 3.63) is 59.3 Å². The summed E-state index contributed by atoms with van der Waals surface area (Å²) in [5, 5.41) is 9.54. The number of nitriles is 1. The minimum Gasteiger partial charge on any atom is -0.462 e. The Morgan fingerprint density at radius 1 is 1.15 bits per heavy atom. The van der Waals surface area contributed by atoms with Crippen LogP contribution in [0.2, 0.25) is 0 Å². The summed E-state index contributed by atoms with van der Waals surface area (Å²) >= 11 is 0. The number of amides is 1. The number of piperazine rings is 1. The van der Waals surface area contributed by atoms with Crippen LogP contribution in [-0.2, 0) is 29.5 Å². The lowest BCUT2D eigenvalue weighted by atomic mass is 9.62. The molecule has 2 aromatic rings. The van der Waals surface area contributed by atoms with Crippen molar-refractivity contribution >= 4 is 11.7 Å². The number of likely N-dealkylation sites (N-methyl/N-ethyl adjacent to an activating group) is 1. The first-order valence-corrected chi connectivity index (χ1v) is 15.4. The lowest BCUT2D eigenvalue weighted by molar-refractivity contribution is -0.128. The van der Waals surface area contributed by atoms with E-state index >= 15 is 0 Å². The Balaban J connectivity index is 1.34. The predicted octanol–water partition coefficient (Wildman–Crippen LogP) is 4.22. The normalized spacial score (nSPS) is 26.1. The quantitative estimate of drug-likeness (QED) is 0.495. The third-order valence-electron chi connectivity index (χ3n) is 9.99. The van der Waals surface area contributed by atoms with E-state index in [0.29, 0.717) is 38.3 Å². The van der Waals surface area contributed by atoms with Gasteiger partial charge in [0.1, 0.15) is 12.4 Å². The number of ether oxygens (including phenoxy) is 1. The van der Waals surface area contributed by atoms with Crippen molar-refractivity contribution < 1.29 is 9.53 Å². The highest BCUT2D eigenvalue weighted by Crippen LogP contribution is 2.47. The van der Waals surface area contributed by atoms with E-state index in [2.05, 4.69) is 53.8 Å². The van der Waals surface area contributed by atoms with Crippen molar-refractivity contribution in [1.29, 1.82) is 5.26 Å². The standard InChI is InChI=1S/C33H42N6O2/c1-3-30(40)39-20-19-38(22-25(39)14-17-34)31-27-13-16-33(15-8-10-24-9-4-5-12-28(24)33)21-29(27)35-32(36-31)41-23-26-11-6-7-18-37(26)2/h3-5,9,12,25-26H,1,6-8,10-11,13-16,18-23H2,2H3/t25-,26-,33?/m0/s1. The zero-order valence-electron chi connectivity index (χ0n) is 24.4. The Morgan fingerprint density at radius 3 is 2.85 bits per heavy atom. The number of fused-ring (bicyclic) bond motifs is 3. The number of benzene rings is 1. The number of piperidine rings is 1. The van der Waals surface area contributed by atoms with Gasteiger partial charge in [-0.2, -0.15) is 15.2 Å². The minimum absolute atomic E-state index is 0.104. The fourth-order valence-corrected chi connectivity index (χ4v) is 7.71. The molecule has 8 heteroatoms. The van der Waals surface area contributed by atoms with E-state index in [0.717, 1.165) is 50.2 Å². The number of likely N-dealkylation sites (tertiary alicyclic amines) is 1. The number of carbonyl (C=O) groups excluding carboxylic acids is 1. The van der Waals surface area contributed by atoms with Crippen molar-refractivity contribution in [3.8, 4) is 12.1 Å². The van der Waals surface area contributed by atoms with E-state index in [1.165, 1.54) is 48.4 Å². The molecular formula is C33H42N6O2. The van der Waals surface area contributed by atoms with Gasteiger partial charge >= 0.3 is 6.01 Å². The molecule has 216 valence electrons. The summed E-state index contributed by atoms with van der Waals surface area (Å²) < 4.78 is 6.39. The van der Waals surface area contributed by atoms with Gasteiger partial charge in [-0.15, -0.1) is 0 Å². The molecule has 0 saturated carbocycles. The van der Waals surface area contributed by atoms with Gasteiger partial charge in [0.05, 0.1) is 24.2 Å². The van der Waals surface area contributed by atoms with Crippen molar-refractivity contribution in [2.45, 2.75) is 81.7 Å². The van der Waals surface area contributed by atoms with Gasteiger partial charge in [0, 0.05) is 36.7 Å². The molecule has 2 aliphatic heterocycles. The van der Waals surface area contributed by atoms with Crippen LogP contribution in [0, 0.1) is 11.3 Å². The molecule has 3 heterocycles. The van der Waals surface area contributed by atoms with Gasteiger partial charge in [0.25, 0.3) is 0 Å². The van der Waals surface area contributed by atoms with E-state index < -0.39 is 0 Å². The van der Waals surface area contributed by atoms with Crippen molar-refractivity contribution in [2.75, 3.05) is 44.7 Å². The van der Waals surface area contributed by atoms with Crippen LogP contribution in [-0.4, -0.2) is 77.6 Å². The van der Waals surface area contributed by atoms with Gasteiger partial charge in [0.2, 0.25) is 5.91 Å². The van der Waals surface area contributed by atoms with E-state index in [1.54, 1.807) is 4.90 Å². The minimum atomic E-state index is -0.203. The topological polar surface area (TPSA) is 85.6 Å². The summed E-state index contributed by atoms with van der Waals surface area (Å²) in [6.07, 6.45) is 11.6. The summed E-state index contributed by atoms with van der Waals surface area (Å²) in [4.78, 5) is 29.1. The van der Waals surface area contributed by atoms with Gasteiger partial charge in [-0.1, -0.05) is 37.3 Å². The molecule has 41 heavy (non-hydrogen) atoms. The van der Waals surface area contributed by atoms with Crippen LogP contribution in [0.1, 0.15) is 67.3 Å². The molecule has 6 rings (SSSR count). The molecule has 4 aliphatic rings. The number of hydrogen-bond donors (Lipinski definition) is 0. The molecule has 0 bridgehead atoms. The summed E-state index contributed by atoms with van der Waals surface area (Å²) in [5.74, 6) is 0.808. The first-order valence-electron chi connectivity index (χ1n) is 15.4. The third kappa shape index (κ3) is 5.44. The maximum atomic E-state index is 12.5. The largest absolute Gasteiger partial charge is 0.462 e. The van der Waals surface area contributed by atoms with E-state index in [-0.39, 0.29) is 23.8 Å². The number of anilines is 1. The van der Waals surface area contributed by atoms with Gasteiger partial charge in [-0.3, -0.25) is 4.79 Å². The molecular weight excluding hydrogens is 512 g/mol. The second kappa shape index (κ2) is 11.8. The number of carbonyl (C=O) groups is 1.